The van der Waals surface area contributed by atoms with Crippen molar-refractivity contribution in [2.75, 3.05) is 0 Å². The molecule has 0 amide bonds. The summed E-state index contributed by atoms with van der Waals surface area (Å²) in [6.07, 6.45) is 5.47. The van der Waals surface area contributed by atoms with Gasteiger partial charge in [0.2, 0.25) is 0 Å². The van der Waals surface area contributed by atoms with Gasteiger partial charge in [0.05, 0.1) is 6.10 Å². The highest BCUT2D eigenvalue weighted by Gasteiger charge is 2.16. The fourth-order valence-corrected chi connectivity index (χ4v) is 1.50. The van der Waals surface area contributed by atoms with Gasteiger partial charge in [-0.25, -0.2) is 0 Å². The van der Waals surface area contributed by atoms with Crippen LogP contribution in [0.4, 0.5) is 0 Å². The largest absolute Gasteiger partial charge is 0.393 e. The molecule has 1 rings (SSSR count). The van der Waals surface area contributed by atoms with Crippen molar-refractivity contribution >= 4 is 6.29 Å². The number of aliphatic hydroxyl groups is 1. The summed E-state index contributed by atoms with van der Waals surface area (Å²) in [4.78, 5) is 10.3. The van der Waals surface area contributed by atoms with E-state index in [0.717, 1.165) is 32.0 Å². The van der Waals surface area contributed by atoms with Crippen molar-refractivity contribution in [2.24, 2.45) is 5.92 Å². The molecule has 0 aromatic carbocycles. The molecule has 0 aromatic heterocycles. The fourth-order valence-electron chi connectivity index (χ4n) is 1.50. The highest BCUT2D eigenvalue weighted by atomic mass is 16.3. The maximum atomic E-state index is 10.3. The lowest BCUT2D eigenvalue weighted by Crippen LogP contribution is -2.10. The van der Waals surface area contributed by atoms with E-state index >= 15 is 0 Å². The van der Waals surface area contributed by atoms with Crippen LogP contribution in [0.2, 0.25) is 0 Å². The van der Waals surface area contributed by atoms with Crippen LogP contribution in [0.5, 0.6) is 0 Å². The lowest BCUT2D eigenvalue weighted by molar-refractivity contribution is -0.112. The molecule has 1 aliphatic carbocycles. The smallest absolute Gasteiger partial charge is 0.123 e. The number of carbonyl (C=O) groups is 1. The molecule has 58 valence electrons. The van der Waals surface area contributed by atoms with Gasteiger partial charge in [0.15, 0.2) is 0 Å². The summed E-state index contributed by atoms with van der Waals surface area (Å²) in [6, 6.07) is 0. The molecule has 1 fully saturated rings. The molecule has 2 heteroatoms. The van der Waals surface area contributed by atoms with Crippen molar-refractivity contribution in [2.45, 2.75) is 38.2 Å². The van der Waals surface area contributed by atoms with Crippen LogP contribution < -0.4 is 0 Å². The van der Waals surface area contributed by atoms with Crippen LogP contribution in [-0.2, 0) is 4.79 Å². The molecule has 0 heterocycles. The van der Waals surface area contributed by atoms with Crippen molar-refractivity contribution in [1.29, 1.82) is 0 Å². The summed E-state index contributed by atoms with van der Waals surface area (Å²) >= 11 is 0. The quantitative estimate of drug-likeness (QED) is 0.440. The first kappa shape index (κ1) is 7.73. The van der Waals surface area contributed by atoms with Crippen LogP contribution >= 0.6 is 0 Å². The number of carbonyl (C=O) groups excluding carboxylic acids is 1. The standard InChI is InChI=1S/C8H14O2/c9-6-7-3-1-2-4-8(10)5-7/h6-8,10H,1-5H2. The van der Waals surface area contributed by atoms with E-state index in [2.05, 4.69) is 0 Å². The molecular formula is C8H14O2. The molecule has 2 atom stereocenters. The third-order valence-corrected chi connectivity index (χ3v) is 2.13. The van der Waals surface area contributed by atoms with Crippen LogP contribution in [0.15, 0.2) is 0 Å². The molecule has 0 radical (unpaired) electrons. The van der Waals surface area contributed by atoms with Gasteiger partial charge in [-0.2, -0.15) is 0 Å². The van der Waals surface area contributed by atoms with E-state index in [1.807, 2.05) is 0 Å². The minimum atomic E-state index is -0.224. The average molecular weight is 142 g/mol. The van der Waals surface area contributed by atoms with Gasteiger partial charge >= 0.3 is 0 Å². The minimum absolute atomic E-state index is 0.123. The van der Waals surface area contributed by atoms with Crippen molar-refractivity contribution in [3.05, 3.63) is 0 Å². The predicted octanol–water partition coefficient (Wildman–Crippen LogP) is 1.13. The fraction of sp³-hybridized carbons (Fsp3) is 0.875. The topological polar surface area (TPSA) is 37.3 Å². The molecule has 0 saturated heterocycles. The first-order valence-electron chi connectivity index (χ1n) is 3.96. The van der Waals surface area contributed by atoms with E-state index in [0.29, 0.717) is 6.42 Å². The van der Waals surface area contributed by atoms with Gasteiger partial charge in [-0.3, -0.25) is 0 Å². The lowest BCUT2D eigenvalue weighted by Gasteiger charge is -2.08. The highest BCUT2D eigenvalue weighted by Crippen LogP contribution is 2.21. The van der Waals surface area contributed by atoms with Crippen LogP contribution in [0.25, 0.3) is 0 Å². The van der Waals surface area contributed by atoms with E-state index in [9.17, 15) is 9.90 Å². The van der Waals surface area contributed by atoms with Crippen LogP contribution in [0, 0.1) is 5.92 Å². The number of rotatable bonds is 1. The molecular weight excluding hydrogens is 128 g/mol. The van der Waals surface area contributed by atoms with E-state index in [-0.39, 0.29) is 12.0 Å². The molecule has 2 unspecified atom stereocenters. The van der Waals surface area contributed by atoms with Crippen molar-refractivity contribution in [3.63, 3.8) is 0 Å². The van der Waals surface area contributed by atoms with E-state index < -0.39 is 0 Å². The Morgan fingerprint density at radius 3 is 2.70 bits per heavy atom. The molecule has 1 saturated carbocycles. The monoisotopic (exact) mass is 142 g/mol. The molecule has 0 aliphatic heterocycles. The first-order valence-corrected chi connectivity index (χ1v) is 3.96. The summed E-state index contributed by atoms with van der Waals surface area (Å²) in [6.45, 7) is 0. The second kappa shape index (κ2) is 3.71. The Bertz CT molecular complexity index is 112. The Kier molecular flexibility index (Phi) is 2.87. The molecule has 0 bridgehead atoms. The molecule has 1 N–H and O–H groups in total. The molecule has 1 aliphatic rings. The van der Waals surface area contributed by atoms with Crippen molar-refractivity contribution in [3.8, 4) is 0 Å². The normalized spacial score (nSPS) is 34.9. The Morgan fingerprint density at radius 2 is 2.00 bits per heavy atom. The second-order valence-electron chi connectivity index (χ2n) is 3.07. The second-order valence-corrected chi connectivity index (χ2v) is 3.07. The zero-order chi connectivity index (χ0) is 7.40. The highest BCUT2D eigenvalue weighted by molar-refractivity contribution is 5.53. The summed E-state index contributed by atoms with van der Waals surface area (Å²) < 4.78 is 0. The van der Waals surface area contributed by atoms with Gasteiger partial charge < -0.3 is 9.90 Å². The maximum Gasteiger partial charge on any atom is 0.123 e. The van der Waals surface area contributed by atoms with Gasteiger partial charge in [0, 0.05) is 5.92 Å². The average Bonchev–Trinajstić information content (AvgIpc) is 2.13. The molecule has 10 heavy (non-hydrogen) atoms. The van der Waals surface area contributed by atoms with Crippen molar-refractivity contribution in [1.82, 2.24) is 0 Å². The Morgan fingerprint density at radius 1 is 1.30 bits per heavy atom. The van der Waals surface area contributed by atoms with Crippen LogP contribution in [0.1, 0.15) is 32.1 Å². The SMILES string of the molecule is O=CC1CCCCC(O)C1. The first-order chi connectivity index (χ1) is 4.83. The summed E-state index contributed by atoms with van der Waals surface area (Å²) in [5, 5.41) is 9.23. The summed E-state index contributed by atoms with van der Waals surface area (Å²) in [7, 11) is 0. The molecule has 0 aromatic rings. The predicted molar refractivity (Wildman–Crippen MR) is 38.6 cm³/mol. The number of aliphatic hydroxyl groups excluding tert-OH is 1. The van der Waals surface area contributed by atoms with Crippen LogP contribution in [-0.4, -0.2) is 17.5 Å². The zero-order valence-electron chi connectivity index (χ0n) is 6.12. The maximum absolute atomic E-state index is 10.3. The van der Waals surface area contributed by atoms with E-state index in [4.69, 9.17) is 0 Å². The zero-order valence-corrected chi connectivity index (χ0v) is 6.12. The number of hydrogen-bond donors (Lipinski definition) is 1. The minimum Gasteiger partial charge on any atom is -0.393 e. The van der Waals surface area contributed by atoms with Gasteiger partial charge in [-0.05, 0) is 19.3 Å². The van der Waals surface area contributed by atoms with Gasteiger partial charge in [-0.1, -0.05) is 12.8 Å². The molecule has 2 nitrogen and oxygen atoms in total. The van der Waals surface area contributed by atoms with Gasteiger partial charge in [0.1, 0.15) is 6.29 Å². The van der Waals surface area contributed by atoms with E-state index in [1.165, 1.54) is 0 Å². The Labute approximate surface area is 61.2 Å². The summed E-state index contributed by atoms with van der Waals surface area (Å²) in [5.41, 5.74) is 0. The Balaban J connectivity index is 2.37. The summed E-state index contributed by atoms with van der Waals surface area (Å²) in [5.74, 6) is 0.123. The van der Waals surface area contributed by atoms with Crippen LogP contribution in [0.3, 0.4) is 0 Å². The number of aldehydes is 1. The third-order valence-electron chi connectivity index (χ3n) is 2.13. The van der Waals surface area contributed by atoms with Gasteiger partial charge in [0.25, 0.3) is 0 Å². The lowest BCUT2D eigenvalue weighted by atomic mass is 10.0. The van der Waals surface area contributed by atoms with Crippen molar-refractivity contribution < 1.29 is 9.90 Å². The molecule has 0 spiro atoms. The Hall–Kier alpha value is -0.370. The van der Waals surface area contributed by atoms with Gasteiger partial charge in [-0.15, -0.1) is 0 Å². The van der Waals surface area contributed by atoms with E-state index in [1.54, 1.807) is 0 Å². The number of hydrogen-bond acceptors (Lipinski definition) is 2. The third kappa shape index (κ3) is 2.10.